The first-order valence-electron chi connectivity index (χ1n) is 4.94. The van der Waals surface area contributed by atoms with Crippen LogP contribution in [0.15, 0.2) is 36.4 Å². The summed E-state index contributed by atoms with van der Waals surface area (Å²) in [5, 5.41) is 0. The minimum absolute atomic E-state index is 0. The highest BCUT2D eigenvalue weighted by atomic mass is 14.5. The monoisotopic (exact) mass is 191 g/mol. The molecule has 0 heterocycles. The van der Waals surface area contributed by atoms with Gasteiger partial charge in [0, 0.05) is 13.4 Å². The van der Waals surface area contributed by atoms with Crippen molar-refractivity contribution in [1.82, 2.24) is 0 Å². The topological polar surface area (TPSA) is 26.0 Å². The molecule has 1 nitrogen and oxygen atoms in total. The molecule has 78 valence electrons. The lowest BCUT2D eigenvalue weighted by molar-refractivity contribution is 0.617. The highest BCUT2D eigenvalue weighted by Crippen LogP contribution is 2.32. The molecule has 1 aromatic rings. The molecule has 0 fully saturated rings. The molecular formula is C13H21N. The minimum Gasteiger partial charge on any atom is -0.326 e. The molecule has 14 heavy (non-hydrogen) atoms. The number of hydrogen-bond acceptors (Lipinski definition) is 1. The fourth-order valence-corrected chi connectivity index (χ4v) is 1.54. The second-order valence-electron chi connectivity index (χ2n) is 4.27. The van der Waals surface area contributed by atoms with Crippen LogP contribution in [0.4, 0.5) is 0 Å². The lowest BCUT2D eigenvalue weighted by atomic mass is 9.77. The maximum absolute atomic E-state index is 5.72. The standard InChI is InChI=1S/C13H19N.H2/c1-10(2)13(3,4)12-8-6-5-7-11(12)9-14;/h5-8H,1,9,14H2,2-4H3;1H. The van der Waals surface area contributed by atoms with Crippen molar-refractivity contribution in [2.24, 2.45) is 5.73 Å². The molecule has 1 rings (SSSR count). The zero-order valence-corrected chi connectivity index (χ0v) is 9.30. The van der Waals surface area contributed by atoms with E-state index in [4.69, 9.17) is 5.73 Å². The predicted molar refractivity (Wildman–Crippen MR) is 64.3 cm³/mol. The Morgan fingerprint density at radius 2 is 2.00 bits per heavy atom. The van der Waals surface area contributed by atoms with Gasteiger partial charge in [0.05, 0.1) is 0 Å². The van der Waals surface area contributed by atoms with E-state index in [2.05, 4.69) is 45.5 Å². The molecule has 0 aliphatic carbocycles. The number of benzene rings is 1. The normalized spacial score (nSPS) is 11.4. The third-order valence-electron chi connectivity index (χ3n) is 2.98. The van der Waals surface area contributed by atoms with Gasteiger partial charge in [0.25, 0.3) is 0 Å². The zero-order valence-electron chi connectivity index (χ0n) is 9.30. The second kappa shape index (κ2) is 3.97. The van der Waals surface area contributed by atoms with Gasteiger partial charge in [-0.25, -0.2) is 0 Å². The second-order valence-corrected chi connectivity index (χ2v) is 4.27. The predicted octanol–water partition coefficient (Wildman–Crippen LogP) is 3.25. The first kappa shape index (κ1) is 11.0. The Hall–Kier alpha value is -1.08. The third-order valence-corrected chi connectivity index (χ3v) is 2.98. The van der Waals surface area contributed by atoms with Gasteiger partial charge < -0.3 is 5.73 Å². The van der Waals surface area contributed by atoms with Crippen LogP contribution in [0.3, 0.4) is 0 Å². The van der Waals surface area contributed by atoms with Gasteiger partial charge >= 0.3 is 0 Å². The Balaban J connectivity index is 0.00000196. The first-order chi connectivity index (χ1) is 6.50. The summed E-state index contributed by atoms with van der Waals surface area (Å²) in [6.07, 6.45) is 0. The van der Waals surface area contributed by atoms with E-state index in [9.17, 15) is 0 Å². The summed E-state index contributed by atoms with van der Waals surface area (Å²) < 4.78 is 0. The van der Waals surface area contributed by atoms with Gasteiger partial charge in [0.1, 0.15) is 0 Å². The number of hydrogen-bond donors (Lipinski definition) is 1. The Labute approximate surface area is 88.1 Å². The Bertz CT molecular complexity index is 342. The Morgan fingerprint density at radius 1 is 1.43 bits per heavy atom. The van der Waals surface area contributed by atoms with Crippen molar-refractivity contribution in [2.45, 2.75) is 32.7 Å². The van der Waals surface area contributed by atoms with Crippen molar-refractivity contribution in [2.75, 3.05) is 0 Å². The van der Waals surface area contributed by atoms with Crippen molar-refractivity contribution in [1.29, 1.82) is 0 Å². The molecule has 1 aromatic carbocycles. The molecular weight excluding hydrogens is 170 g/mol. The lowest BCUT2D eigenvalue weighted by Gasteiger charge is -2.28. The highest BCUT2D eigenvalue weighted by Gasteiger charge is 2.23. The smallest absolute Gasteiger partial charge is 0.0181 e. The molecule has 0 radical (unpaired) electrons. The average molecular weight is 191 g/mol. The largest absolute Gasteiger partial charge is 0.326 e. The van der Waals surface area contributed by atoms with Crippen molar-refractivity contribution >= 4 is 0 Å². The summed E-state index contributed by atoms with van der Waals surface area (Å²) in [6.45, 7) is 11.1. The molecule has 0 bridgehead atoms. The molecule has 0 spiro atoms. The molecule has 2 N–H and O–H groups in total. The SMILES string of the molecule is C=C(C)C(C)(C)c1ccccc1CN.[HH]. The number of rotatable bonds is 3. The lowest BCUT2D eigenvalue weighted by Crippen LogP contribution is -2.21. The highest BCUT2D eigenvalue weighted by molar-refractivity contribution is 5.38. The maximum Gasteiger partial charge on any atom is 0.0181 e. The maximum atomic E-state index is 5.72. The molecule has 0 atom stereocenters. The zero-order chi connectivity index (χ0) is 10.8. The summed E-state index contributed by atoms with van der Waals surface area (Å²) in [5.41, 5.74) is 9.39. The van der Waals surface area contributed by atoms with Crippen molar-refractivity contribution in [3.63, 3.8) is 0 Å². The van der Waals surface area contributed by atoms with Gasteiger partial charge in [-0.15, -0.1) is 0 Å². The van der Waals surface area contributed by atoms with E-state index in [1.165, 1.54) is 16.7 Å². The van der Waals surface area contributed by atoms with Gasteiger partial charge in [0.15, 0.2) is 0 Å². The van der Waals surface area contributed by atoms with Gasteiger partial charge in [-0.05, 0) is 18.1 Å². The summed E-state index contributed by atoms with van der Waals surface area (Å²) in [4.78, 5) is 0. The summed E-state index contributed by atoms with van der Waals surface area (Å²) in [5.74, 6) is 0. The number of allylic oxidation sites excluding steroid dienone is 1. The van der Waals surface area contributed by atoms with Crippen LogP contribution < -0.4 is 5.73 Å². The van der Waals surface area contributed by atoms with E-state index in [0.717, 1.165) is 0 Å². The molecule has 0 aliphatic heterocycles. The van der Waals surface area contributed by atoms with E-state index in [-0.39, 0.29) is 6.84 Å². The first-order valence-corrected chi connectivity index (χ1v) is 4.94. The molecule has 0 saturated heterocycles. The minimum atomic E-state index is 0. The molecule has 0 aromatic heterocycles. The van der Waals surface area contributed by atoms with E-state index in [1.807, 2.05) is 6.07 Å². The molecule has 0 aliphatic rings. The molecule has 0 unspecified atom stereocenters. The van der Waals surface area contributed by atoms with Crippen molar-refractivity contribution < 1.29 is 1.43 Å². The van der Waals surface area contributed by atoms with Crippen LogP contribution in [0.2, 0.25) is 0 Å². The molecule has 0 amide bonds. The molecule has 1 heteroatoms. The van der Waals surface area contributed by atoms with Crippen molar-refractivity contribution in [3.8, 4) is 0 Å². The number of nitrogens with two attached hydrogens (primary N) is 1. The Kier molecular flexibility index (Phi) is 3.12. The van der Waals surface area contributed by atoms with Crippen LogP contribution in [0.25, 0.3) is 0 Å². The summed E-state index contributed by atoms with van der Waals surface area (Å²) >= 11 is 0. The van der Waals surface area contributed by atoms with Crippen LogP contribution in [0.1, 0.15) is 33.3 Å². The van der Waals surface area contributed by atoms with Gasteiger partial charge in [-0.3, -0.25) is 0 Å². The van der Waals surface area contributed by atoms with Crippen LogP contribution in [0, 0.1) is 0 Å². The van der Waals surface area contributed by atoms with Crippen LogP contribution in [0.5, 0.6) is 0 Å². The van der Waals surface area contributed by atoms with E-state index in [0.29, 0.717) is 6.54 Å². The summed E-state index contributed by atoms with van der Waals surface area (Å²) in [7, 11) is 0. The fourth-order valence-electron chi connectivity index (χ4n) is 1.54. The van der Waals surface area contributed by atoms with E-state index >= 15 is 0 Å². The van der Waals surface area contributed by atoms with Crippen LogP contribution >= 0.6 is 0 Å². The average Bonchev–Trinajstić information content (AvgIpc) is 2.17. The van der Waals surface area contributed by atoms with Crippen LogP contribution in [-0.2, 0) is 12.0 Å². The quantitative estimate of drug-likeness (QED) is 0.729. The van der Waals surface area contributed by atoms with Crippen LogP contribution in [-0.4, -0.2) is 0 Å². The van der Waals surface area contributed by atoms with E-state index in [1.54, 1.807) is 0 Å². The Morgan fingerprint density at radius 3 is 2.50 bits per heavy atom. The fraction of sp³-hybridized carbons (Fsp3) is 0.385. The van der Waals surface area contributed by atoms with E-state index < -0.39 is 0 Å². The van der Waals surface area contributed by atoms with Crippen molar-refractivity contribution in [3.05, 3.63) is 47.5 Å². The summed E-state index contributed by atoms with van der Waals surface area (Å²) in [6, 6.07) is 8.30. The van der Waals surface area contributed by atoms with Gasteiger partial charge in [-0.2, -0.15) is 0 Å². The van der Waals surface area contributed by atoms with Gasteiger partial charge in [0.2, 0.25) is 0 Å². The molecule has 0 saturated carbocycles. The van der Waals surface area contributed by atoms with Gasteiger partial charge in [-0.1, -0.05) is 50.3 Å². The third kappa shape index (κ3) is 1.88.